The van der Waals surface area contributed by atoms with Gasteiger partial charge in [-0.3, -0.25) is 29.4 Å². The topological polar surface area (TPSA) is 108 Å². The number of fused-ring (bicyclic) bond motifs is 3. The van der Waals surface area contributed by atoms with Crippen LogP contribution in [0.5, 0.6) is 5.75 Å². The van der Waals surface area contributed by atoms with Gasteiger partial charge >= 0.3 is 0 Å². The van der Waals surface area contributed by atoms with Gasteiger partial charge in [0.2, 0.25) is 11.8 Å². The first-order valence-electron chi connectivity index (χ1n) is 8.89. The highest BCUT2D eigenvalue weighted by Gasteiger charge is 2.50. The number of amides is 4. The number of anilines is 1. The zero-order valence-corrected chi connectivity index (χ0v) is 14.7. The lowest BCUT2D eigenvalue weighted by Gasteiger charge is -2.52. The lowest BCUT2D eigenvalue weighted by Crippen LogP contribution is -2.72. The van der Waals surface area contributed by atoms with Crippen molar-refractivity contribution in [3.8, 4) is 5.75 Å². The van der Waals surface area contributed by atoms with Gasteiger partial charge in [0, 0.05) is 26.6 Å². The van der Waals surface area contributed by atoms with Crippen LogP contribution >= 0.6 is 0 Å². The van der Waals surface area contributed by atoms with Crippen molar-refractivity contribution < 1.29 is 23.9 Å². The van der Waals surface area contributed by atoms with Crippen LogP contribution in [0.1, 0.15) is 33.6 Å². The summed E-state index contributed by atoms with van der Waals surface area (Å²) in [6.45, 7) is 1.99. The van der Waals surface area contributed by atoms with Crippen LogP contribution in [-0.4, -0.2) is 66.9 Å². The fourth-order valence-corrected chi connectivity index (χ4v) is 4.24. The Balaban J connectivity index is 1.54. The molecule has 0 saturated carbocycles. The number of hydrogen-bond donors (Lipinski definition) is 2. The summed E-state index contributed by atoms with van der Waals surface area (Å²) in [5.74, 6) is -1.69. The van der Waals surface area contributed by atoms with Crippen molar-refractivity contribution in [2.24, 2.45) is 0 Å². The molecule has 1 unspecified atom stereocenters. The third-order valence-electron chi connectivity index (χ3n) is 6.01. The summed E-state index contributed by atoms with van der Waals surface area (Å²) in [6.07, 6.45) is 0.227. The Kier molecular flexibility index (Phi) is 3.18. The van der Waals surface area contributed by atoms with E-state index in [0.29, 0.717) is 12.4 Å². The second kappa shape index (κ2) is 5.29. The molecule has 9 heteroatoms. The van der Waals surface area contributed by atoms with Crippen molar-refractivity contribution in [1.82, 2.24) is 15.5 Å². The van der Waals surface area contributed by atoms with E-state index in [1.807, 2.05) is 7.05 Å². The third-order valence-corrected chi connectivity index (χ3v) is 6.01. The van der Waals surface area contributed by atoms with E-state index in [4.69, 9.17) is 4.74 Å². The van der Waals surface area contributed by atoms with Gasteiger partial charge < -0.3 is 15.0 Å². The van der Waals surface area contributed by atoms with Gasteiger partial charge in [-0.25, -0.2) is 0 Å². The second-order valence-corrected chi connectivity index (χ2v) is 7.46. The first-order chi connectivity index (χ1) is 12.9. The Morgan fingerprint density at radius 1 is 1.15 bits per heavy atom. The van der Waals surface area contributed by atoms with E-state index in [9.17, 15) is 19.2 Å². The van der Waals surface area contributed by atoms with Crippen LogP contribution in [0.25, 0.3) is 0 Å². The summed E-state index contributed by atoms with van der Waals surface area (Å²) < 4.78 is 5.96. The van der Waals surface area contributed by atoms with E-state index in [1.165, 1.54) is 0 Å². The highest BCUT2D eigenvalue weighted by Crippen LogP contribution is 2.45. The molecule has 9 nitrogen and oxygen atoms in total. The molecule has 2 saturated heterocycles. The van der Waals surface area contributed by atoms with Crippen LogP contribution in [0.2, 0.25) is 0 Å². The Morgan fingerprint density at radius 2 is 1.93 bits per heavy atom. The molecule has 4 heterocycles. The Hall–Kier alpha value is -2.94. The van der Waals surface area contributed by atoms with E-state index in [1.54, 1.807) is 12.1 Å². The van der Waals surface area contributed by atoms with Gasteiger partial charge in [0.25, 0.3) is 11.8 Å². The quantitative estimate of drug-likeness (QED) is 0.627. The minimum Gasteiger partial charge on any atom is -0.488 e. The third kappa shape index (κ3) is 2.03. The number of ether oxygens (including phenoxy) is 1. The van der Waals surface area contributed by atoms with Crippen LogP contribution in [0.3, 0.4) is 0 Å². The smallest absolute Gasteiger partial charge is 0.266 e. The summed E-state index contributed by atoms with van der Waals surface area (Å²) in [5.41, 5.74) is 1.06. The van der Waals surface area contributed by atoms with Gasteiger partial charge in [0.05, 0.1) is 22.4 Å². The molecule has 27 heavy (non-hydrogen) atoms. The molecule has 4 aliphatic rings. The van der Waals surface area contributed by atoms with E-state index in [0.717, 1.165) is 23.7 Å². The molecule has 1 aromatic rings. The maximum absolute atomic E-state index is 13.1. The standard InChI is InChI=1S/C18H18N4O5/c1-21-10-3-2-9-13(14(10)27-8-18(21)6-19-7-18)17(26)22(16(9)25)11-4-5-12(23)20-15(11)24/h2-3,11,19H,4-8H2,1H3,(H,20,23,24). The summed E-state index contributed by atoms with van der Waals surface area (Å²) in [7, 11) is 1.95. The molecule has 1 aromatic carbocycles. The number of piperidine rings is 1. The average Bonchev–Trinajstić information content (AvgIpc) is 2.86. The van der Waals surface area contributed by atoms with Gasteiger partial charge in [-0.15, -0.1) is 0 Å². The van der Waals surface area contributed by atoms with E-state index in [2.05, 4.69) is 15.5 Å². The predicted octanol–water partition coefficient (Wildman–Crippen LogP) is -0.742. The number of imide groups is 2. The zero-order chi connectivity index (χ0) is 18.9. The molecule has 0 bridgehead atoms. The van der Waals surface area contributed by atoms with Crippen molar-refractivity contribution in [3.05, 3.63) is 23.3 Å². The Morgan fingerprint density at radius 3 is 2.59 bits per heavy atom. The molecule has 1 spiro atoms. The molecule has 140 valence electrons. The van der Waals surface area contributed by atoms with Crippen molar-refractivity contribution in [3.63, 3.8) is 0 Å². The molecule has 4 aliphatic heterocycles. The zero-order valence-electron chi connectivity index (χ0n) is 14.7. The molecule has 0 radical (unpaired) electrons. The van der Waals surface area contributed by atoms with Crippen molar-refractivity contribution in [2.45, 2.75) is 24.4 Å². The monoisotopic (exact) mass is 370 g/mol. The molecule has 2 N–H and O–H groups in total. The summed E-state index contributed by atoms with van der Waals surface area (Å²) in [4.78, 5) is 52.6. The maximum atomic E-state index is 13.1. The number of hydrogen-bond acceptors (Lipinski definition) is 7. The first-order valence-corrected chi connectivity index (χ1v) is 8.89. The fraction of sp³-hybridized carbons (Fsp3) is 0.444. The number of carbonyl (C=O) groups is 4. The Labute approximate surface area is 154 Å². The molecule has 0 aliphatic carbocycles. The summed E-state index contributed by atoms with van der Waals surface area (Å²) >= 11 is 0. The van der Waals surface area contributed by atoms with Gasteiger partial charge in [0.1, 0.15) is 12.6 Å². The lowest BCUT2D eigenvalue weighted by atomic mass is 9.88. The van der Waals surface area contributed by atoms with Gasteiger partial charge in [0.15, 0.2) is 5.75 Å². The highest BCUT2D eigenvalue weighted by atomic mass is 16.5. The van der Waals surface area contributed by atoms with Gasteiger partial charge in [-0.2, -0.15) is 0 Å². The van der Waals surface area contributed by atoms with Crippen LogP contribution in [-0.2, 0) is 9.59 Å². The van der Waals surface area contributed by atoms with E-state index in [-0.39, 0.29) is 29.5 Å². The SMILES string of the molecule is CN1c2ccc3c(c2OCC12CNC2)C(=O)N(C1CCC(=O)NC1=O)C3=O. The minimum atomic E-state index is -0.978. The highest BCUT2D eigenvalue weighted by molar-refractivity contribution is 6.25. The van der Waals surface area contributed by atoms with Crippen molar-refractivity contribution in [1.29, 1.82) is 0 Å². The molecule has 4 amide bonds. The molecule has 5 rings (SSSR count). The largest absolute Gasteiger partial charge is 0.488 e. The Bertz CT molecular complexity index is 923. The number of nitrogens with one attached hydrogen (secondary N) is 2. The van der Waals surface area contributed by atoms with Crippen LogP contribution in [0.4, 0.5) is 5.69 Å². The molecular weight excluding hydrogens is 352 g/mol. The van der Waals surface area contributed by atoms with Gasteiger partial charge in [-0.1, -0.05) is 0 Å². The summed E-state index contributed by atoms with van der Waals surface area (Å²) in [5, 5.41) is 5.44. The number of carbonyl (C=O) groups excluding carboxylic acids is 4. The van der Waals surface area contributed by atoms with Crippen LogP contribution in [0, 0.1) is 0 Å². The van der Waals surface area contributed by atoms with Crippen LogP contribution in [0.15, 0.2) is 12.1 Å². The van der Waals surface area contributed by atoms with Gasteiger partial charge in [-0.05, 0) is 18.6 Å². The molecule has 1 atom stereocenters. The minimum absolute atomic E-state index is 0.0939. The molecule has 0 aromatic heterocycles. The maximum Gasteiger partial charge on any atom is 0.266 e. The number of nitrogens with zero attached hydrogens (tertiary/aromatic N) is 2. The van der Waals surface area contributed by atoms with Crippen molar-refractivity contribution >= 4 is 29.3 Å². The van der Waals surface area contributed by atoms with E-state index < -0.39 is 29.7 Å². The van der Waals surface area contributed by atoms with E-state index >= 15 is 0 Å². The van der Waals surface area contributed by atoms with Crippen molar-refractivity contribution in [2.75, 3.05) is 31.6 Å². The fourth-order valence-electron chi connectivity index (χ4n) is 4.24. The second-order valence-electron chi connectivity index (χ2n) is 7.46. The number of likely N-dealkylation sites (N-methyl/N-ethyl adjacent to an activating group) is 1. The lowest BCUT2D eigenvalue weighted by molar-refractivity contribution is -0.136. The number of benzene rings is 1. The summed E-state index contributed by atoms with van der Waals surface area (Å²) in [6, 6.07) is 2.42. The van der Waals surface area contributed by atoms with Crippen LogP contribution < -0.4 is 20.3 Å². The number of rotatable bonds is 1. The molecule has 2 fully saturated rings. The average molecular weight is 370 g/mol. The molecular formula is C18H18N4O5. The first kappa shape index (κ1) is 16.2. The normalized spacial score (nSPS) is 25.7. The predicted molar refractivity (Wildman–Crippen MR) is 92.6 cm³/mol.